The molecular formula is C22H35IN6O. The second-order valence-corrected chi connectivity index (χ2v) is 7.53. The first-order valence-corrected chi connectivity index (χ1v) is 10.6. The predicted octanol–water partition coefficient (Wildman–Crippen LogP) is 3.34. The topological polar surface area (TPSA) is 66.7 Å². The van der Waals surface area contributed by atoms with E-state index in [2.05, 4.69) is 46.7 Å². The summed E-state index contributed by atoms with van der Waals surface area (Å²) in [5.41, 5.74) is 2.36. The molecule has 1 fully saturated rings. The van der Waals surface area contributed by atoms with Gasteiger partial charge in [0.1, 0.15) is 5.75 Å². The number of nitrogens with zero attached hydrogens (tertiary/aromatic N) is 4. The molecule has 0 aliphatic carbocycles. The highest BCUT2D eigenvalue weighted by Crippen LogP contribution is 2.19. The summed E-state index contributed by atoms with van der Waals surface area (Å²) in [6.07, 6.45) is 7.22. The van der Waals surface area contributed by atoms with Gasteiger partial charge in [-0.3, -0.25) is 9.67 Å². The number of aromatic nitrogens is 2. The van der Waals surface area contributed by atoms with Gasteiger partial charge in [0.2, 0.25) is 0 Å². The van der Waals surface area contributed by atoms with Crippen molar-refractivity contribution in [2.45, 2.75) is 39.2 Å². The van der Waals surface area contributed by atoms with Gasteiger partial charge < -0.3 is 20.3 Å². The Balaban J connectivity index is 0.00000320. The average Bonchev–Trinajstić information content (AvgIpc) is 3.16. The molecule has 3 rings (SSSR count). The first-order chi connectivity index (χ1) is 14.2. The molecule has 1 aromatic carbocycles. The van der Waals surface area contributed by atoms with Crippen molar-refractivity contribution in [2.24, 2.45) is 12.0 Å². The van der Waals surface area contributed by atoms with E-state index in [1.807, 2.05) is 36.1 Å². The lowest BCUT2D eigenvalue weighted by molar-refractivity contribution is 0.311. The van der Waals surface area contributed by atoms with E-state index < -0.39 is 0 Å². The summed E-state index contributed by atoms with van der Waals surface area (Å²) in [6, 6.07) is 8.50. The van der Waals surface area contributed by atoms with Crippen LogP contribution in [-0.2, 0) is 7.05 Å². The monoisotopic (exact) mass is 526 g/mol. The van der Waals surface area contributed by atoms with Crippen LogP contribution in [0.15, 0.2) is 41.7 Å². The van der Waals surface area contributed by atoms with Crippen molar-refractivity contribution < 1.29 is 4.74 Å². The normalized spacial score (nSPS) is 16.7. The van der Waals surface area contributed by atoms with Gasteiger partial charge in [-0.15, -0.1) is 24.0 Å². The van der Waals surface area contributed by atoms with Crippen molar-refractivity contribution in [2.75, 3.05) is 37.7 Å². The molecule has 1 atom stereocenters. The summed E-state index contributed by atoms with van der Waals surface area (Å²) in [5.74, 6) is 1.85. The van der Waals surface area contributed by atoms with Gasteiger partial charge >= 0.3 is 0 Å². The summed E-state index contributed by atoms with van der Waals surface area (Å²) < 4.78 is 7.73. The molecular weight excluding hydrogens is 491 g/mol. The molecule has 0 saturated carbocycles. The number of benzene rings is 1. The Hall–Kier alpha value is -1.97. The molecule has 7 nitrogen and oxygen atoms in total. The lowest BCUT2D eigenvalue weighted by Crippen LogP contribution is -2.51. The smallest absolute Gasteiger partial charge is 0.191 e. The molecule has 2 heterocycles. The minimum absolute atomic E-state index is 0. The summed E-state index contributed by atoms with van der Waals surface area (Å²) >= 11 is 0. The van der Waals surface area contributed by atoms with E-state index >= 15 is 0 Å². The van der Waals surface area contributed by atoms with E-state index in [4.69, 9.17) is 9.73 Å². The molecule has 1 unspecified atom stereocenters. The maximum Gasteiger partial charge on any atom is 0.191 e. The maximum absolute atomic E-state index is 5.87. The van der Waals surface area contributed by atoms with Crippen molar-refractivity contribution >= 4 is 35.6 Å². The number of anilines is 1. The second-order valence-electron chi connectivity index (χ2n) is 7.53. The van der Waals surface area contributed by atoms with E-state index in [1.165, 1.54) is 11.3 Å². The number of aliphatic imine (C=N–C) groups is 1. The van der Waals surface area contributed by atoms with E-state index in [-0.39, 0.29) is 24.0 Å². The van der Waals surface area contributed by atoms with Crippen molar-refractivity contribution in [3.8, 4) is 5.75 Å². The maximum atomic E-state index is 5.87. The first-order valence-electron chi connectivity index (χ1n) is 10.6. The molecule has 1 aromatic heterocycles. The van der Waals surface area contributed by atoms with Gasteiger partial charge in [0.05, 0.1) is 18.5 Å². The van der Waals surface area contributed by atoms with Gasteiger partial charge in [0.25, 0.3) is 0 Å². The lowest BCUT2D eigenvalue weighted by atomic mass is 10.1. The number of hydrogen-bond donors (Lipinski definition) is 2. The van der Waals surface area contributed by atoms with E-state index in [1.54, 1.807) is 0 Å². The first kappa shape index (κ1) is 24.3. The molecule has 1 aliphatic heterocycles. The minimum Gasteiger partial charge on any atom is -0.493 e. The Bertz CT molecular complexity index is 793. The van der Waals surface area contributed by atoms with Crippen molar-refractivity contribution in [3.05, 3.63) is 42.2 Å². The van der Waals surface area contributed by atoms with Crippen LogP contribution in [0.25, 0.3) is 0 Å². The van der Waals surface area contributed by atoms with Gasteiger partial charge in [-0.25, -0.2) is 0 Å². The Labute approximate surface area is 197 Å². The van der Waals surface area contributed by atoms with Crippen LogP contribution in [0.3, 0.4) is 0 Å². The number of para-hydroxylation sites is 1. The highest BCUT2D eigenvalue weighted by atomic mass is 127. The molecule has 30 heavy (non-hydrogen) atoms. The molecule has 0 amide bonds. The Morgan fingerprint density at radius 2 is 2.17 bits per heavy atom. The number of halogens is 1. The Morgan fingerprint density at radius 1 is 1.33 bits per heavy atom. The molecule has 2 aromatic rings. The number of ether oxygens (including phenoxy) is 1. The lowest BCUT2D eigenvalue weighted by Gasteiger charge is -2.34. The van der Waals surface area contributed by atoms with Crippen LogP contribution in [0.5, 0.6) is 5.75 Å². The molecule has 2 N–H and O–H groups in total. The van der Waals surface area contributed by atoms with Crippen LogP contribution in [0.1, 0.15) is 31.7 Å². The summed E-state index contributed by atoms with van der Waals surface area (Å²) in [4.78, 5) is 7.14. The average molecular weight is 526 g/mol. The quantitative estimate of drug-likeness (QED) is 0.239. The van der Waals surface area contributed by atoms with Crippen LogP contribution in [0, 0.1) is 6.92 Å². The Morgan fingerprint density at radius 3 is 2.90 bits per heavy atom. The van der Waals surface area contributed by atoms with Gasteiger partial charge in [0.15, 0.2) is 5.96 Å². The Kier molecular flexibility index (Phi) is 10.3. The van der Waals surface area contributed by atoms with Crippen molar-refractivity contribution in [1.29, 1.82) is 0 Å². The van der Waals surface area contributed by atoms with Gasteiger partial charge in [-0.1, -0.05) is 18.2 Å². The fourth-order valence-corrected chi connectivity index (χ4v) is 3.57. The molecule has 0 radical (unpaired) electrons. The summed E-state index contributed by atoms with van der Waals surface area (Å²) in [7, 11) is 1.96. The minimum atomic E-state index is 0. The third-order valence-corrected chi connectivity index (χ3v) is 5.09. The SMILES string of the molecule is CCNC(=NCCCOc1ccccc1C)NC1CCCN(c2cnn(C)c2)C1.I. The van der Waals surface area contributed by atoms with Crippen molar-refractivity contribution in [3.63, 3.8) is 0 Å². The number of piperidine rings is 1. The number of rotatable bonds is 8. The predicted molar refractivity (Wildman–Crippen MR) is 134 cm³/mol. The number of aryl methyl sites for hydroxylation is 2. The van der Waals surface area contributed by atoms with E-state index in [0.29, 0.717) is 12.6 Å². The summed E-state index contributed by atoms with van der Waals surface area (Å²) in [5, 5.41) is 11.3. The zero-order valence-electron chi connectivity index (χ0n) is 18.3. The fraction of sp³-hybridized carbons (Fsp3) is 0.545. The van der Waals surface area contributed by atoms with Crippen LogP contribution in [0.2, 0.25) is 0 Å². The number of nitrogens with one attached hydrogen (secondary N) is 2. The second kappa shape index (κ2) is 12.7. The molecule has 1 aliphatic rings. The van der Waals surface area contributed by atoms with Crippen LogP contribution in [-0.4, -0.2) is 54.6 Å². The molecule has 0 bridgehead atoms. The zero-order valence-corrected chi connectivity index (χ0v) is 20.6. The molecule has 8 heteroatoms. The number of hydrogen-bond acceptors (Lipinski definition) is 4. The van der Waals surface area contributed by atoms with Crippen LogP contribution >= 0.6 is 24.0 Å². The van der Waals surface area contributed by atoms with Crippen molar-refractivity contribution in [1.82, 2.24) is 20.4 Å². The zero-order chi connectivity index (χ0) is 20.5. The van der Waals surface area contributed by atoms with Gasteiger partial charge in [0, 0.05) is 51.9 Å². The van der Waals surface area contributed by atoms with Gasteiger partial charge in [-0.2, -0.15) is 5.10 Å². The molecule has 166 valence electrons. The standard InChI is InChI=1S/C22H34N6O.HI/c1-4-23-22(24-12-8-14-29-21-11-6-5-9-18(21)2)26-19-10-7-13-28(16-19)20-15-25-27(3)17-20;/h5-6,9,11,15,17,19H,4,7-8,10,12-14,16H2,1-3H3,(H2,23,24,26);1H. The van der Waals surface area contributed by atoms with Crippen LogP contribution in [0.4, 0.5) is 5.69 Å². The third-order valence-electron chi connectivity index (χ3n) is 5.09. The van der Waals surface area contributed by atoms with Crippen LogP contribution < -0.4 is 20.3 Å². The largest absolute Gasteiger partial charge is 0.493 e. The molecule has 1 saturated heterocycles. The highest BCUT2D eigenvalue weighted by molar-refractivity contribution is 14.0. The van der Waals surface area contributed by atoms with Gasteiger partial charge in [-0.05, 0) is 38.3 Å². The molecule has 0 spiro atoms. The summed E-state index contributed by atoms with van der Waals surface area (Å²) in [6.45, 7) is 8.47. The van der Waals surface area contributed by atoms with E-state index in [0.717, 1.165) is 57.2 Å². The fourth-order valence-electron chi connectivity index (χ4n) is 3.57. The third kappa shape index (κ3) is 7.37. The highest BCUT2D eigenvalue weighted by Gasteiger charge is 2.21. The van der Waals surface area contributed by atoms with E-state index in [9.17, 15) is 0 Å². The number of guanidine groups is 1.